The second-order valence-electron chi connectivity index (χ2n) is 2.81. The van der Waals surface area contributed by atoms with E-state index in [1.807, 2.05) is 0 Å². The maximum atomic E-state index is 11.0. The van der Waals surface area contributed by atoms with Crippen molar-refractivity contribution in [2.24, 2.45) is 0 Å². The van der Waals surface area contributed by atoms with Crippen molar-refractivity contribution in [3.8, 4) is 0 Å². The van der Waals surface area contributed by atoms with Crippen molar-refractivity contribution in [3.63, 3.8) is 0 Å². The quantitative estimate of drug-likeness (QED) is 0.314. The van der Waals surface area contributed by atoms with Gasteiger partial charge in [0.25, 0.3) is 0 Å². The first-order valence-corrected chi connectivity index (χ1v) is 5.97. The van der Waals surface area contributed by atoms with Crippen LogP contribution < -0.4 is 5.32 Å². The predicted molar refractivity (Wildman–Crippen MR) is 63.8 cm³/mol. The number of halogens is 1. The molecule has 0 heterocycles. The molecule has 0 aliphatic rings. The van der Waals surface area contributed by atoms with Gasteiger partial charge in [0.1, 0.15) is 3.92 Å². The Bertz CT molecular complexity index is 155. The van der Waals surface area contributed by atoms with Crippen LogP contribution in [0, 0.1) is 0 Å². The molecule has 14 heavy (non-hydrogen) atoms. The Morgan fingerprint density at radius 3 is 2.79 bits per heavy atom. The minimum absolute atomic E-state index is 0.122. The first-order chi connectivity index (χ1) is 6.72. The fraction of sp³-hybridized carbons (Fsp3) is 0.889. The number of carbonyl (C=O) groups is 1. The van der Waals surface area contributed by atoms with Crippen molar-refractivity contribution < 1.29 is 14.3 Å². The van der Waals surface area contributed by atoms with E-state index in [1.54, 1.807) is 0 Å². The van der Waals surface area contributed by atoms with Gasteiger partial charge in [-0.2, -0.15) is 0 Å². The van der Waals surface area contributed by atoms with E-state index in [0.717, 1.165) is 19.6 Å². The maximum absolute atomic E-state index is 11.0. The lowest BCUT2D eigenvalue weighted by atomic mass is 10.4. The Morgan fingerprint density at radius 1 is 1.50 bits per heavy atom. The Balaban J connectivity index is 3.23. The van der Waals surface area contributed by atoms with Crippen LogP contribution in [0.25, 0.3) is 0 Å². The van der Waals surface area contributed by atoms with Crippen molar-refractivity contribution >= 4 is 28.6 Å². The zero-order valence-corrected chi connectivity index (χ0v) is 10.9. The third-order valence-corrected chi connectivity index (χ3v) is 2.50. The van der Waals surface area contributed by atoms with Crippen molar-refractivity contribution in [1.82, 2.24) is 5.32 Å². The molecule has 0 radical (unpaired) electrons. The summed E-state index contributed by atoms with van der Waals surface area (Å²) in [6.45, 7) is 4.97. The van der Waals surface area contributed by atoms with Crippen LogP contribution in [0.1, 0.15) is 13.3 Å². The molecule has 0 aliphatic heterocycles. The fourth-order valence-electron chi connectivity index (χ4n) is 0.831. The molecule has 0 aromatic carbocycles. The largest absolute Gasteiger partial charge is 0.468 e. The Hall–Kier alpha value is 0.120. The van der Waals surface area contributed by atoms with Crippen molar-refractivity contribution in [1.29, 1.82) is 0 Å². The summed E-state index contributed by atoms with van der Waals surface area (Å²) in [4.78, 5) is 11.0. The summed E-state index contributed by atoms with van der Waals surface area (Å²) in [6.07, 6.45) is 1.04. The van der Waals surface area contributed by atoms with Gasteiger partial charge in [-0.25, -0.2) is 0 Å². The van der Waals surface area contributed by atoms with Crippen molar-refractivity contribution in [2.45, 2.75) is 17.3 Å². The Morgan fingerprint density at radius 2 is 2.21 bits per heavy atom. The lowest BCUT2D eigenvalue weighted by Gasteiger charge is -2.09. The van der Waals surface area contributed by atoms with E-state index < -0.39 is 0 Å². The normalized spacial score (nSPS) is 12.5. The highest BCUT2D eigenvalue weighted by Crippen LogP contribution is 2.00. The van der Waals surface area contributed by atoms with Crippen LogP contribution in [-0.4, -0.2) is 43.3 Å². The number of nitrogens with one attached hydrogen (secondary N) is 1. The SMILES string of the molecule is CCCOCCNCC(I)C(=O)OC. The smallest absolute Gasteiger partial charge is 0.319 e. The highest BCUT2D eigenvalue weighted by Gasteiger charge is 2.13. The van der Waals surface area contributed by atoms with E-state index in [2.05, 4.69) is 39.6 Å². The molecule has 0 amide bonds. The van der Waals surface area contributed by atoms with Crippen molar-refractivity contribution in [3.05, 3.63) is 0 Å². The molecule has 1 unspecified atom stereocenters. The molecule has 1 atom stereocenters. The van der Waals surface area contributed by atoms with Gasteiger partial charge in [0.15, 0.2) is 0 Å². The first-order valence-electron chi connectivity index (χ1n) is 4.72. The van der Waals surface area contributed by atoms with Gasteiger partial charge < -0.3 is 14.8 Å². The average Bonchev–Trinajstić information content (AvgIpc) is 2.21. The summed E-state index contributed by atoms with van der Waals surface area (Å²) in [7, 11) is 1.40. The van der Waals surface area contributed by atoms with E-state index in [0.29, 0.717) is 13.2 Å². The summed E-state index contributed by atoms with van der Waals surface area (Å²) in [6, 6.07) is 0. The number of hydrogen-bond donors (Lipinski definition) is 1. The molecule has 0 aliphatic carbocycles. The number of methoxy groups -OCH3 is 1. The van der Waals surface area contributed by atoms with E-state index in [9.17, 15) is 4.79 Å². The summed E-state index contributed by atoms with van der Waals surface area (Å²) in [5.74, 6) is -0.187. The molecule has 1 N–H and O–H groups in total. The molecule has 0 fully saturated rings. The van der Waals surface area contributed by atoms with Crippen LogP contribution in [-0.2, 0) is 14.3 Å². The molecule has 0 bridgehead atoms. The molecule has 84 valence electrons. The molecule has 0 spiro atoms. The van der Waals surface area contributed by atoms with Gasteiger partial charge in [0.2, 0.25) is 0 Å². The lowest BCUT2D eigenvalue weighted by Crippen LogP contribution is -2.31. The van der Waals surface area contributed by atoms with E-state index >= 15 is 0 Å². The highest BCUT2D eigenvalue weighted by molar-refractivity contribution is 14.1. The van der Waals surface area contributed by atoms with Crippen LogP contribution in [0.4, 0.5) is 0 Å². The van der Waals surface area contributed by atoms with Crippen LogP contribution in [0.15, 0.2) is 0 Å². The van der Waals surface area contributed by atoms with Crippen LogP contribution in [0.5, 0.6) is 0 Å². The molecular formula is C9H18INO3. The van der Waals surface area contributed by atoms with Gasteiger partial charge in [0, 0.05) is 19.7 Å². The van der Waals surface area contributed by atoms with Gasteiger partial charge in [0.05, 0.1) is 13.7 Å². The monoisotopic (exact) mass is 315 g/mol. The Labute approximate surface area is 98.9 Å². The van der Waals surface area contributed by atoms with Gasteiger partial charge in [-0.1, -0.05) is 29.5 Å². The maximum Gasteiger partial charge on any atom is 0.319 e. The molecular weight excluding hydrogens is 297 g/mol. The number of hydrogen-bond acceptors (Lipinski definition) is 4. The summed E-state index contributed by atoms with van der Waals surface area (Å²) in [5.41, 5.74) is 0. The summed E-state index contributed by atoms with van der Waals surface area (Å²) >= 11 is 2.06. The molecule has 0 aromatic rings. The third-order valence-electron chi connectivity index (χ3n) is 1.55. The number of rotatable bonds is 8. The van der Waals surface area contributed by atoms with Gasteiger partial charge in [-0.3, -0.25) is 4.79 Å². The van der Waals surface area contributed by atoms with Gasteiger partial charge >= 0.3 is 5.97 Å². The van der Waals surface area contributed by atoms with Crippen LogP contribution in [0.3, 0.4) is 0 Å². The number of carbonyl (C=O) groups excluding carboxylic acids is 1. The molecule has 0 saturated heterocycles. The standard InChI is InChI=1S/C9H18INO3/c1-3-5-14-6-4-11-7-8(10)9(12)13-2/h8,11H,3-7H2,1-2H3. The molecule has 4 nitrogen and oxygen atoms in total. The van der Waals surface area contributed by atoms with Gasteiger partial charge in [-0.05, 0) is 6.42 Å². The van der Waals surface area contributed by atoms with Gasteiger partial charge in [-0.15, -0.1) is 0 Å². The molecule has 5 heteroatoms. The second kappa shape index (κ2) is 9.67. The van der Waals surface area contributed by atoms with Crippen LogP contribution in [0.2, 0.25) is 0 Å². The minimum atomic E-state index is -0.187. The van der Waals surface area contributed by atoms with E-state index in [4.69, 9.17) is 4.74 Å². The summed E-state index contributed by atoms with van der Waals surface area (Å²) in [5, 5.41) is 3.13. The molecule has 0 saturated carbocycles. The predicted octanol–water partition coefficient (Wildman–Crippen LogP) is 0.979. The minimum Gasteiger partial charge on any atom is -0.468 e. The topological polar surface area (TPSA) is 47.6 Å². The highest BCUT2D eigenvalue weighted by atomic mass is 127. The lowest BCUT2D eigenvalue weighted by molar-refractivity contribution is -0.139. The number of esters is 1. The fourth-order valence-corrected chi connectivity index (χ4v) is 1.40. The number of alkyl halides is 1. The second-order valence-corrected chi connectivity index (χ2v) is 4.31. The van der Waals surface area contributed by atoms with Crippen molar-refractivity contribution in [2.75, 3.05) is 33.4 Å². The van der Waals surface area contributed by atoms with E-state index in [-0.39, 0.29) is 9.89 Å². The summed E-state index contributed by atoms with van der Waals surface area (Å²) < 4.78 is 9.74. The zero-order chi connectivity index (χ0) is 10.8. The third kappa shape index (κ3) is 7.52. The number of ether oxygens (including phenoxy) is 2. The molecule has 0 rings (SSSR count). The first kappa shape index (κ1) is 14.1. The Kier molecular flexibility index (Phi) is 9.75. The zero-order valence-electron chi connectivity index (χ0n) is 8.72. The van der Waals surface area contributed by atoms with E-state index in [1.165, 1.54) is 7.11 Å². The van der Waals surface area contributed by atoms with Crippen LogP contribution >= 0.6 is 22.6 Å². The average molecular weight is 315 g/mol. The molecule has 0 aromatic heterocycles.